The number of aliphatic carboxylic acids is 1. The van der Waals surface area contributed by atoms with E-state index in [1.54, 1.807) is 31.3 Å². The average molecular weight is 346 g/mol. The predicted molar refractivity (Wildman–Crippen MR) is 85.4 cm³/mol. The van der Waals surface area contributed by atoms with Crippen LogP contribution < -0.4 is 0 Å². The third-order valence-electron chi connectivity index (χ3n) is 4.69. The quantitative estimate of drug-likeness (QED) is 0.498. The maximum Gasteiger partial charge on any atom is 0.507 e. The first-order valence-electron chi connectivity index (χ1n) is 7.76. The normalized spacial score (nSPS) is 29.1. The Morgan fingerprint density at radius 3 is 2.84 bits per heavy atom. The van der Waals surface area contributed by atoms with Crippen molar-refractivity contribution in [2.24, 2.45) is 5.41 Å². The third-order valence-corrected chi connectivity index (χ3v) is 4.69. The Morgan fingerprint density at radius 2 is 2.24 bits per heavy atom. The number of hydrogen-bond donors (Lipinski definition) is 1. The number of aromatic nitrogens is 1. The van der Waals surface area contributed by atoms with E-state index in [-0.39, 0.29) is 18.6 Å². The van der Waals surface area contributed by atoms with Crippen LogP contribution in [0.15, 0.2) is 30.0 Å². The van der Waals surface area contributed by atoms with Crippen molar-refractivity contribution in [2.75, 3.05) is 13.7 Å². The van der Waals surface area contributed by atoms with Gasteiger partial charge in [-0.1, -0.05) is 13.0 Å². The molecule has 8 nitrogen and oxygen atoms in total. The lowest BCUT2D eigenvalue weighted by molar-refractivity contribution is -0.155. The Labute approximate surface area is 144 Å². The van der Waals surface area contributed by atoms with E-state index in [1.807, 2.05) is 6.07 Å². The van der Waals surface area contributed by atoms with E-state index in [0.29, 0.717) is 17.7 Å². The molecule has 132 valence electrons. The first-order valence-corrected chi connectivity index (χ1v) is 7.76. The van der Waals surface area contributed by atoms with Crippen molar-refractivity contribution < 1.29 is 29.0 Å². The monoisotopic (exact) mass is 346 g/mol. The maximum atomic E-state index is 12.5. The fourth-order valence-electron chi connectivity index (χ4n) is 3.53. The standard InChI is InChI=1S/C17H18N2O6/c1-17(9-25-16(23)24-2)8-12-11(7-10-5-3-4-6-18-10)14(20)19(12)13(17)15(21)22/h3-7,12-13H,8-9H2,1-2H3,(H,21,22)/b11-7+/t12?,13-,17-/m0/s1. The highest BCUT2D eigenvalue weighted by Crippen LogP contribution is 2.49. The molecule has 1 unspecified atom stereocenters. The zero-order valence-electron chi connectivity index (χ0n) is 13.8. The summed E-state index contributed by atoms with van der Waals surface area (Å²) in [6.07, 6.45) is 2.80. The van der Waals surface area contributed by atoms with Crippen molar-refractivity contribution in [1.29, 1.82) is 0 Å². The molecule has 2 saturated heterocycles. The van der Waals surface area contributed by atoms with Gasteiger partial charge >= 0.3 is 12.1 Å². The number of carboxylic acids is 1. The largest absolute Gasteiger partial charge is 0.507 e. The number of carbonyl (C=O) groups is 3. The topological polar surface area (TPSA) is 106 Å². The van der Waals surface area contributed by atoms with Gasteiger partial charge in [-0.2, -0.15) is 0 Å². The van der Waals surface area contributed by atoms with Crippen LogP contribution in [0.3, 0.4) is 0 Å². The number of hydrogen-bond acceptors (Lipinski definition) is 6. The van der Waals surface area contributed by atoms with E-state index >= 15 is 0 Å². The molecular formula is C17H18N2O6. The Hall–Kier alpha value is -2.90. The maximum absolute atomic E-state index is 12.5. The number of methoxy groups -OCH3 is 1. The lowest BCUT2D eigenvalue weighted by Gasteiger charge is -2.40. The summed E-state index contributed by atoms with van der Waals surface area (Å²) < 4.78 is 9.41. The van der Waals surface area contributed by atoms with Gasteiger partial charge in [0.05, 0.1) is 18.8 Å². The molecule has 0 spiro atoms. The second-order valence-electron chi connectivity index (χ2n) is 6.42. The number of carbonyl (C=O) groups excluding carboxylic acids is 2. The minimum atomic E-state index is -1.12. The van der Waals surface area contributed by atoms with Gasteiger partial charge in [0.1, 0.15) is 12.6 Å². The molecular weight excluding hydrogens is 328 g/mol. The molecule has 2 aliphatic rings. The first kappa shape index (κ1) is 16.9. The van der Waals surface area contributed by atoms with Crippen LogP contribution in [0.5, 0.6) is 0 Å². The van der Waals surface area contributed by atoms with Crippen LogP contribution in [0, 0.1) is 5.41 Å². The number of amides is 1. The molecule has 2 fully saturated rings. The van der Waals surface area contributed by atoms with E-state index in [0.717, 1.165) is 0 Å². The summed E-state index contributed by atoms with van der Waals surface area (Å²) in [7, 11) is 1.18. The summed E-state index contributed by atoms with van der Waals surface area (Å²) in [6.45, 7) is 1.55. The molecule has 0 saturated carbocycles. The molecule has 0 aromatic carbocycles. The number of nitrogens with zero attached hydrogens (tertiary/aromatic N) is 2. The lowest BCUT2D eigenvalue weighted by atomic mass is 9.81. The van der Waals surface area contributed by atoms with Crippen LogP contribution in [0.1, 0.15) is 19.0 Å². The zero-order valence-corrected chi connectivity index (χ0v) is 13.8. The van der Waals surface area contributed by atoms with Gasteiger partial charge in [-0.05, 0) is 24.6 Å². The van der Waals surface area contributed by atoms with Gasteiger partial charge in [0, 0.05) is 17.2 Å². The molecule has 3 heterocycles. The lowest BCUT2D eigenvalue weighted by Crippen LogP contribution is -2.58. The van der Waals surface area contributed by atoms with E-state index in [1.165, 1.54) is 12.0 Å². The molecule has 0 radical (unpaired) electrons. The van der Waals surface area contributed by atoms with Gasteiger partial charge in [-0.25, -0.2) is 9.59 Å². The number of β-lactam (4-membered cyclic amide) rings is 1. The molecule has 2 aliphatic heterocycles. The van der Waals surface area contributed by atoms with E-state index in [9.17, 15) is 19.5 Å². The fourth-order valence-corrected chi connectivity index (χ4v) is 3.53. The van der Waals surface area contributed by atoms with Crippen LogP contribution in [-0.4, -0.2) is 58.8 Å². The SMILES string of the molecule is COC(=O)OC[C@]1(C)CC2/C(=C\c3ccccn3)C(=O)N2[C@H]1C(=O)O. The minimum absolute atomic E-state index is 0.145. The Bertz CT molecular complexity index is 747. The van der Waals surface area contributed by atoms with Gasteiger partial charge in [0.25, 0.3) is 5.91 Å². The van der Waals surface area contributed by atoms with Crippen molar-refractivity contribution in [3.8, 4) is 0 Å². The average Bonchev–Trinajstić information content (AvgIpc) is 2.89. The summed E-state index contributed by atoms with van der Waals surface area (Å²) in [5.74, 6) is -1.45. The van der Waals surface area contributed by atoms with Gasteiger partial charge in [0.2, 0.25) is 0 Å². The molecule has 3 atom stereocenters. The molecule has 3 rings (SSSR count). The Morgan fingerprint density at radius 1 is 1.48 bits per heavy atom. The second-order valence-corrected chi connectivity index (χ2v) is 6.42. The highest BCUT2D eigenvalue weighted by atomic mass is 16.7. The highest BCUT2D eigenvalue weighted by Gasteiger charge is 2.62. The van der Waals surface area contributed by atoms with Crippen molar-refractivity contribution in [3.63, 3.8) is 0 Å². The number of ether oxygens (including phenoxy) is 2. The highest BCUT2D eigenvalue weighted by molar-refractivity contribution is 6.08. The van der Waals surface area contributed by atoms with Gasteiger partial charge in [0.15, 0.2) is 0 Å². The van der Waals surface area contributed by atoms with Crippen molar-refractivity contribution in [3.05, 3.63) is 35.7 Å². The van der Waals surface area contributed by atoms with Gasteiger partial charge < -0.3 is 19.5 Å². The van der Waals surface area contributed by atoms with E-state index in [2.05, 4.69) is 9.72 Å². The van der Waals surface area contributed by atoms with Crippen molar-refractivity contribution >= 4 is 24.1 Å². The summed E-state index contributed by atoms with van der Waals surface area (Å²) in [5.41, 5.74) is 0.253. The minimum Gasteiger partial charge on any atom is -0.480 e. The number of fused-ring (bicyclic) bond motifs is 1. The molecule has 8 heteroatoms. The van der Waals surface area contributed by atoms with E-state index < -0.39 is 23.6 Å². The van der Waals surface area contributed by atoms with Crippen molar-refractivity contribution in [2.45, 2.75) is 25.4 Å². The van der Waals surface area contributed by atoms with Crippen LogP contribution in [0.4, 0.5) is 4.79 Å². The molecule has 25 heavy (non-hydrogen) atoms. The van der Waals surface area contributed by atoms with Crippen LogP contribution in [0.25, 0.3) is 6.08 Å². The van der Waals surface area contributed by atoms with E-state index in [4.69, 9.17) is 4.74 Å². The Kier molecular flexibility index (Phi) is 4.20. The third kappa shape index (κ3) is 2.84. The molecule has 1 aromatic heterocycles. The van der Waals surface area contributed by atoms with Gasteiger partial charge in [-0.15, -0.1) is 0 Å². The Balaban J connectivity index is 1.86. The first-order chi connectivity index (χ1) is 11.9. The number of pyridine rings is 1. The van der Waals surface area contributed by atoms with Crippen LogP contribution >= 0.6 is 0 Å². The smallest absolute Gasteiger partial charge is 0.480 e. The summed E-state index contributed by atoms with van der Waals surface area (Å²) in [5, 5.41) is 9.59. The van der Waals surface area contributed by atoms with Crippen LogP contribution in [0.2, 0.25) is 0 Å². The fraction of sp³-hybridized carbons (Fsp3) is 0.412. The summed E-state index contributed by atoms with van der Waals surface area (Å²) in [6, 6.07) is 3.96. The second kappa shape index (κ2) is 6.19. The molecule has 0 aliphatic carbocycles. The summed E-state index contributed by atoms with van der Waals surface area (Å²) in [4.78, 5) is 41.0. The molecule has 0 bridgehead atoms. The van der Waals surface area contributed by atoms with Gasteiger partial charge in [-0.3, -0.25) is 9.78 Å². The molecule has 1 aromatic rings. The van der Waals surface area contributed by atoms with Crippen LogP contribution in [-0.2, 0) is 19.1 Å². The summed E-state index contributed by atoms with van der Waals surface area (Å²) >= 11 is 0. The van der Waals surface area contributed by atoms with Crippen molar-refractivity contribution in [1.82, 2.24) is 9.88 Å². The molecule has 1 N–H and O–H groups in total. The number of rotatable bonds is 4. The molecule has 1 amide bonds. The number of carboxylic acid groups (broad SMARTS) is 1. The zero-order chi connectivity index (χ0) is 18.2. The predicted octanol–water partition coefficient (Wildman–Crippen LogP) is 1.32.